The topological polar surface area (TPSA) is 76.2 Å². The summed E-state index contributed by atoms with van der Waals surface area (Å²) in [5, 5.41) is 0. The summed E-state index contributed by atoms with van der Waals surface area (Å²) in [6.45, 7) is -0.326. The summed E-state index contributed by atoms with van der Waals surface area (Å²) in [6, 6.07) is 13.1. The van der Waals surface area contributed by atoms with E-state index in [4.69, 9.17) is 9.47 Å². The molecular weight excluding hydrogens is 416 g/mol. The Bertz CT molecular complexity index is 988. The third-order valence-corrected chi connectivity index (χ3v) is 7.55. The van der Waals surface area contributed by atoms with Crippen molar-refractivity contribution in [2.24, 2.45) is 0 Å². The number of hydrogen-bond acceptors (Lipinski definition) is 5. The van der Waals surface area contributed by atoms with Crippen molar-refractivity contribution in [1.29, 1.82) is 0 Å². The number of sulfonamides is 1. The van der Waals surface area contributed by atoms with Gasteiger partial charge in [0.25, 0.3) is 10.0 Å². The maximum absolute atomic E-state index is 13.6. The first kappa shape index (κ1) is 22.9. The first-order valence-corrected chi connectivity index (χ1v) is 11.9. The molecular formula is C23H30N2O5S. The molecule has 0 aromatic heterocycles. The lowest BCUT2D eigenvalue weighted by Crippen LogP contribution is -2.46. The highest BCUT2D eigenvalue weighted by molar-refractivity contribution is 7.92. The molecule has 0 heterocycles. The molecule has 0 atom stereocenters. The largest absolute Gasteiger partial charge is 0.497 e. The average Bonchev–Trinajstić information content (AvgIpc) is 2.82. The molecule has 0 radical (unpaired) electrons. The van der Waals surface area contributed by atoms with Crippen LogP contribution in [0.3, 0.4) is 0 Å². The van der Waals surface area contributed by atoms with Gasteiger partial charge in [0, 0.05) is 19.2 Å². The van der Waals surface area contributed by atoms with Gasteiger partial charge in [-0.3, -0.25) is 9.10 Å². The second-order valence-corrected chi connectivity index (χ2v) is 9.52. The predicted molar refractivity (Wildman–Crippen MR) is 120 cm³/mol. The molecule has 0 saturated heterocycles. The van der Waals surface area contributed by atoms with Crippen LogP contribution in [0.5, 0.6) is 11.5 Å². The summed E-state index contributed by atoms with van der Waals surface area (Å²) in [5.74, 6) is 0.557. The lowest BCUT2D eigenvalue weighted by Gasteiger charge is -2.33. The number of nitrogens with zero attached hydrogens (tertiary/aromatic N) is 2. The molecule has 3 rings (SSSR count). The van der Waals surface area contributed by atoms with Gasteiger partial charge >= 0.3 is 0 Å². The molecule has 1 amide bonds. The third kappa shape index (κ3) is 5.12. The standard InChI is InChI=1S/C23H30N2O5S/c1-24(18-10-6-4-7-11-18)23(26)17-25(31(27,28)20-12-8-5-9-13-20)21-16-19(29-2)14-15-22(21)30-3/h5,8-9,12-16,18H,4,6-7,10-11,17H2,1-3H3. The van der Waals surface area contributed by atoms with Gasteiger partial charge in [-0.05, 0) is 37.1 Å². The minimum Gasteiger partial charge on any atom is -0.497 e. The first-order chi connectivity index (χ1) is 14.9. The third-order valence-electron chi connectivity index (χ3n) is 5.78. The van der Waals surface area contributed by atoms with Gasteiger partial charge in [-0.15, -0.1) is 0 Å². The Morgan fingerprint density at radius 1 is 1.00 bits per heavy atom. The van der Waals surface area contributed by atoms with Crippen LogP contribution in [0.25, 0.3) is 0 Å². The van der Waals surface area contributed by atoms with Crippen LogP contribution in [0.2, 0.25) is 0 Å². The van der Waals surface area contributed by atoms with E-state index in [2.05, 4.69) is 0 Å². The Kier molecular flexibility index (Phi) is 7.43. The molecule has 31 heavy (non-hydrogen) atoms. The predicted octanol–water partition coefficient (Wildman–Crippen LogP) is 3.69. The van der Waals surface area contributed by atoms with Gasteiger partial charge in [0.15, 0.2) is 0 Å². The van der Waals surface area contributed by atoms with E-state index in [1.165, 1.54) is 32.8 Å². The summed E-state index contributed by atoms with van der Waals surface area (Å²) < 4.78 is 39.0. The zero-order chi connectivity index (χ0) is 22.4. The fourth-order valence-electron chi connectivity index (χ4n) is 3.92. The van der Waals surface area contributed by atoms with Crippen molar-refractivity contribution in [3.05, 3.63) is 48.5 Å². The lowest BCUT2D eigenvalue weighted by atomic mass is 9.94. The quantitative estimate of drug-likeness (QED) is 0.618. The molecule has 0 bridgehead atoms. The molecule has 1 aliphatic carbocycles. The number of methoxy groups -OCH3 is 2. The highest BCUT2D eigenvalue weighted by Crippen LogP contribution is 2.36. The second kappa shape index (κ2) is 10.0. The Labute approximate surface area is 184 Å². The van der Waals surface area contributed by atoms with Gasteiger partial charge in [0.2, 0.25) is 5.91 Å². The van der Waals surface area contributed by atoms with Crippen LogP contribution in [0, 0.1) is 0 Å². The summed E-state index contributed by atoms with van der Waals surface area (Å²) in [6.07, 6.45) is 5.22. The van der Waals surface area contributed by atoms with Gasteiger partial charge in [-0.25, -0.2) is 8.42 Å². The van der Waals surface area contributed by atoms with Crippen LogP contribution < -0.4 is 13.8 Å². The fraction of sp³-hybridized carbons (Fsp3) is 0.435. The molecule has 2 aromatic carbocycles. The normalized spacial score (nSPS) is 14.7. The van der Waals surface area contributed by atoms with Crippen LogP contribution in [0.4, 0.5) is 5.69 Å². The van der Waals surface area contributed by atoms with Gasteiger partial charge in [-0.2, -0.15) is 0 Å². The minimum atomic E-state index is -4.02. The fourth-order valence-corrected chi connectivity index (χ4v) is 5.35. The van der Waals surface area contributed by atoms with E-state index < -0.39 is 10.0 Å². The molecule has 1 saturated carbocycles. The Morgan fingerprint density at radius 3 is 2.29 bits per heavy atom. The minimum absolute atomic E-state index is 0.105. The number of carbonyl (C=O) groups is 1. The number of rotatable bonds is 8. The molecule has 0 unspecified atom stereocenters. The number of ether oxygens (including phenoxy) is 2. The van der Waals surface area contributed by atoms with E-state index in [0.29, 0.717) is 11.5 Å². The molecule has 2 aromatic rings. The summed E-state index contributed by atoms with van der Waals surface area (Å²) >= 11 is 0. The van der Waals surface area contributed by atoms with Crippen molar-refractivity contribution in [2.45, 2.75) is 43.0 Å². The van der Waals surface area contributed by atoms with E-state index in [0.717, 1.165) is 30.0 Å². The maximum atomic E-state index is 13.6. The van der Waals surface area contributed by atoms with Crippen LogP contribution in [-0.4, -0.2) is 53.1 Å². The SMILES string of the molecule is COc1ccc(OC)c(N(CC(=O)N(C)C2CCCCC2)S(=O)(=O)c2ccccc2)c1. The summed E-state index contributed by atoms with van der Waals surface area (Å²) in [5.41, 5.74) is 0.260. The molecule has 8 heteroatoms. The van der Waals surface area contributed by atoms with Crippen LogP contribution >= 0.6 is 0 Å². The van der Waals surface area contributed by atoms with E-state index >= 15 is 0 Å². The van der Waals surface area contributed by atoms with Gasteiger partial charge in [0.05, 0.1) is 24.8 Å². The number of likely N-dealkylation sites (N-methyl/N-ethyl adjacent to an activating group) is 1. The highest BCUT2D eigenvalue weighted by Gasteiger charge is 2.32. The Hall–Kier alpha value is -2.74. The zero-order valence-electron chi connectivity index (χ0n) is 18.3. The summed E-state index contributed by atoms with van der Waals surface area (Å²) in [7, 11) is 0.708. The second-order valence-electron chi connectivity index (χ2n) is 7.66. The zero-order valence-corrected chi connectivity index (χ0v) is 19.1. The van der Waals surface area contributed by atoms with E-state index in [9.17, 15) is 13.2 Å². The Morgan fingerprint density at radius 2 is 1.68 bits per heavy atom. The highest BCUT2D eigenvalue weighted by atomic mass is 32.2. The Balaban J connectivity index is 2.02. The van der Waals surface area contributed by atoms with E-state index in [1.807, 2.05) is 0 Å². The van der Waals surface area contributed by atoms with Crippen LogP contribution in [-0.2, 0) is 14.8 Å². The van der Waals surface area contributed by atoms with Crippen molar-refractivity contribution >= 4 is 21.6 Å². The molecule has 7 nitrogen and oxygen atoms in total. The van der Waals surface area contributed by atoms with E-state index in [1.54, 1.807) is 48.3 Å². The van der Waals surface area contributed by atoms with Crippen molar-refractivity contribution in [3.63, 3.8) is 0 Å². The van der Waals surface area contributed by atoms with Crippen LogP contribution in [0.15, 0.2) is 53.4 Å². The molecule has 0 N–H and O–H groups in total. The lowest BCUT2D eigenvalue weighted by molar-refractivity contribution is -0.130. The van der Waals surface area contributed by atoms with Gasteiger partial charge in [0.1, 0.15) is 18.0 Å². The van der Waals surface area contributed by atoms with Crippen molar-refractivity contribution in [1.82, 2.24) is 4.90 Å². The number of hydrogen-bond donors (Lipinski definition) is 0. The molecule has 0 aliphatic heterocycles. The number of amides is 1. The monoisotopic (exact) mass is 446 g/mol. The number of benzene rings is 2. The smallest absolute Gasteiger partial charge is 0.264 e. The van der Waals surface area contributed by atoms with Crippen molar-refractivity contribution in [2.75, 3.05) is 32.1 Å². The average molecular weight is 447 g/mol. The van der Waals surface area contributed by atoms with Gasteiger partial charge < -0.3 is 14.4 Å². The van der Waals surface area contributed by atoms with Crippen molar-refractivity contribution in [3.8, 4) is 11.5 Å². The molecule has 168 valence electrons. The maximum Gasteiger partial charge on any atom is 0.264 e. The van der Waals surface area contributed by atoms with E-state index in [-0.39, 0.29) is 29.1 Å². The molecule has 1 aliphatic rings. The first-order valence-electron chi connectivity index (χ1n) is 10.4. The molecule has 1 fully saturated rings. The number of carbonyl (C=O) groups excluding carboxylic acids is 1. The molecule has 0 spiro atoms. The van der Waals surface area contributed by atoms with Crippen LogP contribution in [0.1, 0.15) is 32.1 Å². The summed E-state index contributed by atoms with van der Waals surface area (Å²) in [4.78, 5) is 15.0. The van der Waals surface area contributed by atoms with Gasteiger partial charge in [-0.1, -0.05) is 37.5 Å². The van der Waals surface area contributed by atoms with Crippen molar-refractivity contribution < 1.29 is 22.7 Å². The number of anilines is 1.